The van der Waals surface area contributed by atoms with Gasteiger partial charge in [-0.05, 0) is 75.8 Å². The number of alkyl halides is 1. The maximum atomic E-state index is 14.8. The van der Waals surface area contributed by atoms with E-state index < -0.39 is 5.67 Å². The summed E-state index contributed by atoms with van der Waals surface area (Å²) in [5.74, 6) is 0. The van der Waals surface area contributed by atoms with Gasteiger partial charge in [-0.2, -0.15) is 0 Å². The van der Waals surface area contributed by atoms with Crippen LogP contribution in [0.3, 0.4) is 0 Å². The van der Waals surface area contributed by atoms with Crippen LogP contribution in [0.25, 0.3) is 10.9 Å². The second-order valence-corrected chi connectivity index (χ2v) is 10.2. The zero-order valence-corrected chi connectivity index (χ0v) is 17.0. The van der Waals surface area contributed by atoms with E-state index in [1.807, 2.05) is 0 Å². The normalized spacial score (nSPS) is 35.9. The average Bonchev–Trinajstić information content (AvgIpc) is 2.88. The number of para-hydroxylation sites is 1. The molecule has 1 aliphatic heterocycles. The Hall–Kier alpha value is -1.61. The number of allylic oxidation sites excluding steroid dienone is 2. The molecule has 2 aromatic rings. The Morgan fingerprint density at radius 3 is 2.63 bits per heavy atom. The molecule has 2 heterocycles. The molecule has 0 saturated heterocycles. The quantitative estimate of drug-likeness (QED) is 0.663. The van der Waals surface area contributed by atoms with Gasteiger partial charge in [0, 0.05) is 29.2 Å². The van der Waals surface area contributed by atoms with Crippen molar-refractivity contribution in [1.29, 1.82) is 0 Å². The van der Waals surface area contributed by atoms with Crippen LogP contribution in [0.2, 0.25) is 0 Å². The van der Waals surface area contributed by atoms with Crippen LogP contribution in [0.1, 0.15) is 64.3 Å². The molecule has 3 heteroatoms. The number of aromatic amines is 1. The molecule has 3 saturated carbocycles. The lowest BCUT2D eigenvalue weighted by molar-refractivity contribution is -0.224. The molecule has 1 aromatic carbocycles. The van der Waals surface area contributed by atoms with Crippen LogP contribution in [-0.4, -0.2) is 28.1 Å². The highest BCUT2D eigenvalue weighted by Crippen LogP contribution is 2.79. The van der Waals surface area contributed by atoms with Crippen LogP contribution < -0.4 is 0 Å². The highest BCUT2D eigenvalue weighted by atomic mass is 19.1. The van der Waals surface area contributed by atoms with Gasteiger partial charge in [-0.3, -0.25) is 4.90 Å². The molecule has 2 atom stereocenters. The van der Waals surface area contributed by atoms with E-state index in [1.165, 1.54) is 41.4 Å². The van der Waals surface area contributed by atoms with Crippen LogP contribution in [0.15, 0.2) is 36.4 Å². The molecule has 0 spiro atoms. The van der Waals surface area contributed by atoms with Gasteiger partial charge in [0.05, 0.1) is 6.04 Å². The Kier molecular flexibility index (Phi) is 3.54. The number of aromatic nitrogens is 1. The number of hydrogen-bond donors (Lipinski definition) is 1. The molecule has 6 rings (SSSR count). The van der Waals surface area contributed by atoms with Gasteiger partial charge in [0.15, 0.2) is 0 Å². The van der Waals surface area contributed by atoms with Crippen LogP contribution in [0.4, 0.5) is 4.39 Å². The molecular weight excluding hydrogens is 335 g/mol. The molecule has 3 aliphatic carbocycles. The van der Waals surface area contributed by atoms with Crippen LogP contribution in [-0.2, 0) is 6.42 Å². The molecule has 144 valence electrons. The Morgan fingerprint density at radius 2 is 1.96 bits per heavy atom. The van der Waals surface area contributed by atoms with E-state index in [1.54, 1.807) is 13.8 Å². The molecule has 2 nitrogen and oxygen atoms in total. The second kappa shape index (κ2) is 5.47. The fourth-order valence-corrected chi connectivity index (χ4v) is 6.61. The molecular formula is C24H31FN2. The molecule has 2 bridgehead atoms. The highest BCUT2D eigenvalue weighted by Gasteiger charge is 2.71. The number of fused-ring (bicyclic) bond motifs is 3. The molecule has 27 heavy (non-hydrogen) atoms. The molecule has 0 unspecified atom stereocenters. The first-order chi connectivity index (χ1) is 12.8. The summed E-state index contributed by atoms with van der Waals surface area (Å²) in [5.41, 5.74) is 3.64. The minimum absolute atomic E-state index is 0.311. The van der Waals surface area contributed by atoms with E-state index in [0.29, 0.717) is 29.5 Å². The lowest BCUT2D eigenvalue weighted by Crippen LogP contribution is -2.67. The predicted molar refractivity (Wildman–Crippen MR) is 110 cm³/mol. The third-order valence-corrected chi connectivity index (χ3v) is 7.29. The van der Waals surface area contributed by atoms with Gasteiger partial charge in [-0.25, -0.2) is 4.39 Å². The summed E-state index contributed by atoms with van der Waals surface area (Å²) in [4.78, 5) is 6.25. The van der Waals surface area contributed by atoms with Crippen molar-refractivity contribution in [1.82, 2.24) is 9.88 Å². The Morgan fingerprint density at radius 1 is 1.26 bits per heavy atom. The van der Waals surface area contributed by atoms with Gasteiger partial charge in [0.2, 0.25) is 0 Å². The van der Waals surface area contributed by atoms with Crippen molar-refractivity contribution in [3.05, 3.63) is 47.7 Å². The summed E-state index contributed by atoms with van der Waals surface area (Å²) in [6.07, 6.45) is 9.38. The SMILES string of the molecule is C/C=C/C12CC([C@@H]3c4[nH]c5ccccc5c4C[C@@H](C)N3CC(C)(C)F)(C1)C2. The van der Waals surface area contributed by atoms with Crippen molar-refractivity contribution in [3.8, 4) is 0 Å². The topological polar surface area (TPSA) is 19.0 Å². The maximum absolute atomic E-state index is 14.8. The average molecular weight is 367 g/mol. The van der Waals surface area contributed by atoms with Crippen LogP contribution in [0.5, 0.6) is 0 Å². The lowest BCUT2D eigenvalue weighted by atomic mass is 9.32. The number of H-pyrrole nitrogens is 1. The molecule has 1 aromatic heterocycles. The van der Waals surface area contributed by atoms with Gasteiger partial charge in [0.25, 0.3) is 0 Å². The fraction of sp³-hybridized carbons (Fsp3) is 0.583. The number of nitrogens with one attached hydrogen (secondary N) is 1. The summed E-state index contributed by atoms with van der Waals surface area (Å²) in [7, 11) is 0. The van der Waals surface area contributed by atoms with Crippen molar-refractivity contribution >= 4 is 10.9 Å². The number of benzene rings is 1. The summed E-state index contributed by atoms with van der Waals surface area (Å²) >= 11 is 0. The van der Waals surface area contributed by atoms with Crippen LogP contribution in [0, 0.1) is 10.8 Å². The summed E-state index contributed by atoms with van der Waals surface area (Å²) in [6.45, 7) is 8.37. The Bertz CT molecular complexity index is 896. The first-order valence-corrected chi connectivity index (χ1v) is 10.4. The first-order valence-electron chi connectivity index (χ1n) is 10.4. The standard InChI is InChI=1S/C24H31FN2/c1-5-10-23-12-24(13-23,14-23)21-20-18(17-8-6-7-9-19(17)26-20)11-16(2)27(21)15-22(3,4)25/h5-10,16,21,26H,11-15H2,1-4H3/b10-5+/t16-,21+,23?,24?/m1/s1. The van der Waals surface area contributed by atoms with Gasteiger partial charge in [0.1, 0.15) is 5.67 Å². The van der Waals surface area contributed by atoms with E-state index in [0.717, 1.165) is 6.42 Å². The zero-order valence-electron chi connectivity index (χ0n) is 17.0. The predicted octanol–water partition coefficient (Wildman–Crippen LogP) is 5.95. The largest absolute Gasteiger partial charge is 0.357 e. The first kappa shape index (κ1) is 17.5. The van der Waals surface area contributed by atoms with E-state index in [9.17, 15) is 4.39 Å². The van der Waals surface area contributed by atoms with E-state index >= 15 is 0 Å². The van der Waals surface area contributed by atoms with Crippen molar-refractivity contribution < 1.29 is 4.39 Å². The summed E-state index contributed by atoms with van der Waals surface area (Å²) in [6, 6.07) is 9.34. The van der Waals surface area contributed by atoms with E-state index in [-0.39, 0.29) is 0 Å². The van der Waals surface area contributed by atoms with E-state index in [2.05, 4.69) is 60.1 Å². The van der Waals surface area contributed by atoms with Gasteiger partial charge < -0.3 is 4.98 Å². The third-order valence-electron chi connectivity index (χ3n) is 7.29. The monoisotopic (exact) mass is 366 g/mol. The van der Waals surface area contributed by atoms with Crippen LogP contribution >= 0.6 is 0 Å². The number of nitrogens with zero attached hydrogens (tertiary/aromatic N) is 1. The number of hydrogen-bond acceptors (Lipinski definition) is 1. The lowest BCUT2D eigenvalue weighted by Gasteiger charge is -2.74. The van der Waals surface area contributed by atoms with Crippen molar-refractivity contribution in [2.75, 3.05) is 6.54 Å². The van der Waals surface area contributed by atoms with Gasteiger partial charge in [-0.15, -0.1) is 0 Å². The molecule has 1 N–H and O–H groups in total. The maximum Gasteiger partial charge on any atom is 0.118 e. The summed E-state index contributed by atoms with van der Waals surface area (Å²) < 4.78 is 14.8. The number of rotatable bonds is 4. The van der Waals surface area contributed by atoms with Gasteiger partial charge in [-0.1, -0.05) is 30.4 Å². The number of halogens is 1. The summed E-state index contributed by atoms with van der Waals surface area (Å²) in [5, 5.41) is 1.36. The smallest absolute Gasteiger partial charge is 0.118 e. The fourth-order valence-electron chi connectivity index (χ4n) is 6.61. The van der Waals surface area contributed by atoms with Crippen molar-refractivity contribution in [2.45, 2.75) is 71.1 Å². The highest BCUT2D eigenvalue weighted by molar-refractivity contribution is 5.85. The van der Waals surface area contributed by atoms with E-state index in [4.69, 9.17) is 0 Å². The molecule has 0 radical (unpaired) electrons. The minimum Gasteiger partial charge on any atom is -0.357 e. The van der Waals surface area contributed by atoms with Crippen molar-refractivity contribution in [2.24, 2.45) is 10.8 Å². The van der Waals surface area contributed by atoms with Gasteiger partial charge >= 0.3 is 0 Å². The Labute approximate surface area is 161 Å². The zero-order chi connectivity index (χ0) is 19.0. The van der Waals surface area contributed by atoms with Crippen molar-refractivity contribution in [3.63, 3.8) is 0 Å². The Balaban J connectivity index is 1.60. The third kappa shape index (κ3) is 2.47. The molecule has 3 fully saturated rings. The molecule has 0 amide bonds. The minimum atomic E-state index is -1.18. The second-order valence-electron chi connectivity index (χ2n) is 10.2. The molecule has 4 aliphatic rings.